The van der Waals surface area contributed by atoms with Crippen molar-refractivity contribution in [1.82, 2.24) is 0 Å². The molecular formula is C12H18Cl2O3SiZr-2. The SMILES string of the molecule is Cl.Cl.OCCO.[CH3-].[O]=[Zr]=[Si].c1ccc2[cH-]ccc2c1. The van der Waals surface area contributed by atoms with Gasteiger partial charge in [-0.1, -0.05) is 6.07 Å². The van der Waals surface area contributed by atoms with Gasteiger partial charge in [0.05, 0.1) is 13.2 Å². The summed E-state index contributed by atoms with van der Waals surface area (Å²) in [7, 11) is 0. The normalized spacial score (nSPS) is 6.84. The summed E-state index contributed by atoms with van der Waals surface area (Å²) in [6.07, 6.45) is 0. The zero-order chi connectivity index (χ0) is 12.2. The summed E-state index contributed by atoms with van der Waals surface area (Å²) < 4.78 is 9.01. The number of hydrogen-bond acceptors (Lipinski definition) is 3. The Morgan fingerprint density at radius 2 is 1.58 bits per heavy atom. The van der Waals surface area contributed by atoms with Crippen molar-refractivity contribution in [1.29, 1.82) is 0 Å². The van der Waals surface area contributed by atoms with E-state index in [1.165, 1.54) is 10.8 Å². The fraction of sp³-hybridized carbons (Fsp3) is 0.167. The molecule has 0 saturated carbocycles. The topological polar surface area (TPSA) is 57.5 Å². The molecule has 0 heterocycles. The van der Waals surface area contributed by atoms with Gasteiger partial charge in [0.2, 0.25) is 0 Å². The van der Waals surface area contributed by atoms with Crippen molar-refractivity contribution in [2.45, 2.75) is 0 Å². The van der Waals surface area contributed by atoms with Crippen LogP contribution in [0, 0.1) is 7.43 Å². The Kier molecular flexibility index (Phi) is 29.8. The molecule has 2 aromatic rings. The van der Waals surface area contributed by atoms with Gasteiger partial charge in [0.1, 0.15) is 0 Å². The molecular weight excluding hydrogens is 382 g/mol. The van der Waals surface area contributed by atoms with Gasteiger partial charge < -0.3 is 17.6 Å². The summed E-state index contributed by atoms with van der Waals surface area (Å²) in [4.78, 5) is 0. The summed E-state index contributed by atoms with van der Waals surface area (Å²) in [6.45, 7) is 2.55. The Morgan fingerprint density at radius 1 is 1.11 bits per heavy atom. The molecule has 0 aliphatic heterocycles. The first-order chi connectivity index (χ1) is 7.79. The van der Waals surface area contributed by atoms with Gasteiger partial charge >= 0.3 is 31.5 Å². The Labute approximate surface area is 140 Å². The van der Waals surface area contributed by atoms with Gasteiger partial charge in [0.25, 0.3) is 0 Å². The summed E-state index contributed by atoms with van der Waals surface area (Å²) >= 11 is -1.21. The van der Waals surface area contributed by atoms with E-state index in [0.29, 0.717) is 0 Å². The molecule has 0 fully saturated rings. The van der Waals surface area contributed by atoms with Crippen LogP contribution in [0.15, 0.2) is 42.5 Å². The molecule has 0 amide bonds. The maximum absolute atomic E-state index is 9.01. The number of aliphatic hydroxyl groups excluding tert-OH is 2. The largest absolute Gasteiger partial charge is 0.168 e. The maximum Gasteiger partial charge on any atom is -0.0809 e. The zero-order valence-corrected chi connectivity index (χ0v) is 15.7. The number of rotatable bonds is 1. The molecule has 7 heteroatoms. The van der Waals surface area contributed by atoms with Gasteiger partial charge in [-0.25, -0.2) is 0 Å². The summed E-state index contributed by atoms with van der Waals surface area (Å²) in [6, 6.07) is 14.7. The fourth-order valence-corrected chi connectivity index (χ4v) is 1.07. The summed E-state index contributed by atoms with van der Waals surface area (Å²) in [5, 5.41) is 17.9. The van der Waals surface area contributed by atoms with E-state index in [-0.39, 0.29) is 45.5 Å². The molecule has 0 aliphatic carbocycles. The molecule has 2 rings (SSSR count). The molecule has 3 nitrogen and oxygen atoms in total. The van der Waals surface area contributed by atoms with Crippen molar-refractivity contribution in [3.8, 4) is 0 Å². The molecule has 0 spiro atoms. The quantitative estimate of drug-likeness (QED) is 0.571. The standard InChI is InChI=1S/C9H7.C2H6O2.CH3.2ClH.O.Si.Zr/c1-2-5-9-7-3-6-8(9)4-1;3-1-2-4;;;;;;/h1-7H;3-4H,1-2H2;1H3;2*1H;;;/q-1;;-1;;;;;. The van der Waals surface area contributed by atoms with Crippen LogP contribution < -0.4 is 0 Å². The van der Waals surface area contributed by atoms with E-state index >= 15 is 0 Å². The predicted molar refractivity (Wildman–Crippen MR) is 81.1 cm³/mol. The van der Waals surface area contributed by atoms with Crippen LogP contribution >= 0.6 is 24.8 Å². The molecule has 2 radical (unpaired) electrons. The van der Waals surface area contributed by atoms with Crippen molar-refractivity contribution in [3.05, 3.63) is 49.9 Å². The maximum atomic E-state index is 9.01. The third-order valence-electron chi connectivity index (χ3n) is 1.65. The number of aliphatic hydroxyl groups is 2. The number of fused-ring (bicyclic) bond motifs is 1. The van der Waals surface area contributed by atoms with Gasteiger partial charge in [-0.15, -0.1) is 54.5 Å². The van der Waals surface area contributed by atoms with Crippen LogP contribution in [0.4, 0.5) is 0 Å². The summed E-state index contributed by atoms with van der Waals surface area (Å²) in [5.41, 5.74) is 0. The molecule has 108 valence electrons. The van der Waals surface area contributed by atoms with Crippen molar-refractivity contribution in [2.75, 3.05) is 13.2 Å². The monoisotopic (exact) mass is 398 g/mol. The van der Waals surface area contributed by atoms with Gasteiger partial charge in [-0.2, -0.15) is 17.5 Å². The zero-order valence-electron chi connectivity index (χ0n) is 10.6. The Hall–Kier alpha value is 0.230. The van der Waals surface area contributed by atoms with Gasteiger partial charge in [0, 0.05) is 0 Å². The second-order valence-corrected chi connectivity index (χ2v) is 4.41. The van der Waals surface area contributed by atoms with Crippen LogP contribution in [0.25, 0.3) is 10.8 Å². The fourth-order valence-electron chi connectivity index (χ4n) is 1.07. The number of benzene rings is 1. The number of halogens is 2. The van der Waals surface area contributed by atoms with Gasteiger partial charge in [-0.05, 0) is 0 Å². The molecule has 0 saturated heterocycles. The molecule has 0 unspecified atom stereocenters. The van der Waals surface area contributed by atoms with Crippen molar-refractivity contribution in [2.24, 2.45) is 0 Å². The van der Waals surface area contributed by atoms with E-state index in [0.717, 1.165) is 0 Å². The Bertz CT molecular complexity index is 399. The second kappa shape index (κ2) is 20.5. The second-order valence-electron chi connectivity index (χ2n) is 2.70. The third kappa shape index (κ3) is 14.4. The van der Waals surface area contributed by atoms with Crippen LogP contribution in [0.3, 0.4) is 0 Å². The Balaban J connectivity index is -0.0000000994. The minimum absolute atomic E-state index is 0. The molecule has 0 aliphatic rings. The van der Waals surface area contributed by atoms with Crippen LogP contribution in [0.5, 0.6) is 0 Å². The minimum atomic E-state index is -1.21. The average molecular weight is 400 g/mol. The van der Waals surface area contributed by atoms with Crippen molar-refractivity contribution in [3.63, 3.8) is 0 Å². The van der Waals surface area contributed by atoms with E-state index in [4.69, 9.17) is 13.0 Å². The van der Waals surface area contributed by atoms with Gasteiger partial charge in [-0.3, -0.25) is 0 Å². The van der Waals surface area contributed by atoms with E-state index in [1.807, 2.05) is 0 Å². The molecule has 2 N–H and O–H groups in total. The molecule has 19 heavy (non-hydrogen) atoms. The number of hydrogen-bond donors (Lipinski definition) is 2. The molecule has 2 aromatic carbocycles. The first kappa shape index (κ1) is 27.6. The van der Waals surface area contributed by atoms with Crippen LogP contribution in [0.1, 0.15) is 0 Å². The van der Waals surface area contributed by atoms with E-state index in [2.05, 4.69) is 49.3 Å². The molecule has 0 bridgehead atoms. The van der Waals surface area contributed by atoms with E-state index < -0.39 is 21.9 Å². The van der Waals surface area contributed by atoms with Crippen molar-refractivity contribution < 1.29 is 34.9 Å². The van der Waals surface area contributed by atoms with E-state index in [1.54, 1.807) is 0 Å². The van der Waals surface area contributed by atoms with Crippen LogP contribution in [0.2, 0.25) is 0 Å². The molecule has 0 atom stereocenters. The van der Waals surface area contributed by atoms with E-state index in [9.17, 15) is 0 Å². The van der Waals surface area contributed by atoms with Gasteiger partial charge in [0.15, 0.2) is 0 Å². The average Bonchev–Trinajstić information content (AvgIpc) is 2.78. The van der Waals surface area contributed by atoms with Crippen LogP contribution in [-0.2, 0) is 24.7 Å². The molecule has 0 aromatic heterocycles. The third-order valence-corrected chi connectivity index (χ3v) is 1.65. The van der Waals surface area contributed by atoms with Crippen LogP contribution in [-0.4, -0.2) is 30.3 Å². The first-order valence-corrected chi connectivity index (χ1v) is 9.85. The summed E-state index contributed by atoms with van der Waals surface area (Å²) in [5.74, 6) is 0. The Morgan fingerprint density at radius 3 is 2.00 bits per heavy atom. The minimum Gasteiger partial charge on any atom is -0.168 e. The smallest absolute Gasteiger partial charge is 0.0809 e. The van der Waals surface area contributed by atoms with Crippen molar-refractivity contribution >= 4 is 42.5 Å². The first-order valence-electron chi connectivity index (χ1n) is 4.66. The predicted octanol–water partition coefficient (Wildman–Crippen LogP) is 2.32.